The second-order valence-electron chi connectivity index (χ2n) is 21.4. The summed E-state index contributed by atoms with van der Waals surface area (Å²) in [6.45, 7) is 4.79. The molecular formula is C60H116N2O6P+. The number of amides is 1. The highest BCUT2D eigenvalue weighted by Gasteiger charge is 2.27. The minimum atomic E-state index is -4.36. The van der Waals surface area contributed by atoms with Gasteiger partial charge in [-0.25, -0.2) is 4.57 Å². The molecular weight excluding hydrogens is 876 g/mol. The van der Waals surface area contributed by atoms with Gasteiger partial charge in [0.1, 0.15) is 13.2 Å². The van der Waals surface area contributed by atoms with E-state index >= 15 is 0 Å². The topological polar surface area (TPSA) is 105 Å². The Labute approximate surface area is 429 Å². The van der Waals surface area contributed by atoms with Crippen molar-refractivity contribution in [3.8, 4) is 0 Å². The van der Waals surface area contributed by atoms with Crippen LogP contribution in [0.1, 0.15) is 277 Å². The molecule has 9 heteroatoms. The van der Waals surface area contributed by atoms with Crippen LogP contribution in [0, 0.1) is 0 Å². The minimum Gasteiger partial charge on any atom is -0.387 e. The third-order valence-corrected chi connectivity index (χ3v) is 14.3. The maximum atomic E-state index is 13.0. The molecule has 69 heavy (non-hydrogen) atoms. The zero-order valence-electron chi connectivity index (χ0n) is 46.3. The second-order valence-corrected chi connectivity index (χ2v) is 22.8. The maximum absolute atomic E-state index is 13.0. The lowest BCUT2D eigenvalue weighted by molar-refractivity contribution is -0.870. The molecule has 0 bridgehead atoms. The highest BCUT2D eigenvalue weighted by atomic mass is 31.2. The second kappa shape index (κ2) is 51.4. The van der Waals surface area contributed by atoms with Crippen LogP contribution >= 0.6 is 7.82 Å². The zero-order valence-corrected chi connectivity index (χ0v) is 47.2. The third kappa shape index (κ3) is 54.1. The molecule has 0 aromatic rings. The number of allylic oxidation sites excluding steroid dienone is 7. The van der Waals surface area contributed by atoms with Gasteiger partial charge in [-0.1, -0.05) is 255 Å². The van der Waals surface area contributed by atoms with Gasteiger partial charge in [0.05, 0.1) is 39.9 Å². The first-order valence-corrected chi connectivity index (χ1v) is 31.0. The van der Waals surface area contributed by atoms with Gasteiger partial charge in [-0.3, -0.25) is 13.8 Å². The average Bonchev–Trinajstić information content (AvgIpc) is 3.31. The monoisotopic (exact) mass is 992 g/mol. The first-order chi connectivity index (χ1) is 33.5. The molecule has 0 saturated carbocycles. The Balaban J connectivity index is 4.22. The lowest BCUT2D eigenvalue weighted by Gasteiger charge is -2.25. The quantitative estimate of drug-likeness (QED) is 0.0243. The van der Waals surface area contributed by atoms with Crippen LogP contribution in [0.25, 0.3) is 0 Å². The van der Waals surface area contributed by atoms with E-state index in [0.717, 1.165) is 44.9 Å². The summed E-state index contributed by atoms with van der Waals surface area (Å²) in [6, 6.07) is -0.867. The Morgan fingerprint density at radius 2 is 0.841 bits per heavy atom. The molecule has 0 aliphatic carbocycles. The molecule has 0 aromatic heterocycles. The smallest absolute Gasteiger partial charge is 0.387 e. The molecule has 0 heterocycles. The molecule has 1 amide bonds. The standard InChI is InChI=1S/C60H115N2O6P/c1-6-8-10-12-14-16-18-20-22-24-26-27-28-29-30-31-32-33-34-36-37-39-41-43-45-47-49-51-53-59(63)58(57-68-69(65,66)67-56-55-62(3,4)5)61-60(64)54-52-50-48-46-44-42-40-38-35-25-23-21-19-17-15-13-11-9-7-2/h15,17,21,23,43,45,51,53,58-59,63H,6-14,16,18-20,22,24-42,44,46-50,52,54-57H2,1-5H3,(H-,61,64,65,66)/p+1/b17-15-,23-21-,45-43+,53-51+. The number of aliphatic hydroxyl groups excluding tert-OH is 1. The molecule has 3 N–H and O–H groups in total. The highest BCUT2D eigenvalue weighted by Crippen LogP contribution is 2.43. The Kier molecular flexibility index (Phi) is 50.2. The summed E-state index contributed by atoms with van der Waals surface area (Å²) in [5, 5.41) is 13.9. The fourth-order valence-electron chi connectivity index (χ4n) is 8.62. The number of nitrogens with one attached hydrogen (secondary N) is 1. The first-order valence-electron chi connectivity index (χ1n) is 29.5. The van der Waals surface area contributed by atoms with Crippen LogP contribution in [0.3, 0.4) is 0 Å². The predicted molar refractivity (Wildman–Crippen MR) is 300 cm³/mol. The van der Waals surface area contributed by atoms with Crippen molar-refractivity contribution in [3.63, 3.8) is 0 Å². The van der Waals surface area contributed by atoms with Crippen molar-refractivity contribution in [1.29, 1.82) is 0 Å². The Morgan fingerprint density at radius 3 is 1.28 bits per heavy atom. The number of rotatable bonds is 54. The van der Waals surface area contributed by atoms with Crippen LogP contribution in [0.2, 0.25) is 0 Å². The van der Waals surface area contributed by atoms with Crippen LogP contribution in [-0.2, 0) is 18.4 Å². The Hall–Kier alpha value is -1.54. The van der Waals surface area contributed by atoms with E-state index in [1.54, 1.807) is 6.08 Å². The summed E-state index contributed by atoms with van der Waals surface area (Å²) >= 11 is 0. The summed E-state index contributed by atoms with van der Waals surface area (Å²) in [6.07, 6.45) is 67.9. The van der Waals surface area contributed by atoms with E-state index in [1.807, 2.05) is 27.2 Å². The van der Waals surface area contributed by atoms with Gasteiger partial charge in [0.2, 0.25) is 5.91 Å². The van der Waals surface area contributed by atoms with Crippen molar-refractivity contribution in [3.05, 3.63) is 48.6 Å². The third-order valence-electron chi connectivity index (χ3n) is 13.3. The lowest BCUT2D eigenvalue weighted by atomic mass is 10.0. The molecule has 0 aliphatic heterocycles. The SMILES string of the molecule is CCCCC/C=C\C/C=C\CCCCCCCCCCCC(=O)NC(COP(=O)(O)OCC[N+](C)(C)C)C(O)/C=C/CC/C=C/CCCCCCCCCCCCCCCCCCCCCCCC. The predicted octanol–water partition coefficient (Wildman–Crippen LogP) is 17.9. The summed E-state index contributed by atoms with van der Waals surface area (Å²) in [4.78, 5) is 23.3. The number of unbranched alkanes of at least 4 members (excludes halogenated alkanes) is 35. The lowest BCUT2D eigenvalue weighted by Crippen LogP contribution is -2.45. The molecule has 0 fully saturated rings. The number of nitrogens with zero attached hydrogens (tertiary/aromatic N) is 1. The van der Waals surface area contributed by atoms with Crippen molar-refractivity contribution in [2.45, 2.75) is 289 Å². The van der Waals surface area contributed by atoms with Crippen LogP contribution in [0.15, 0.2) is 48.6 Å². The van der Waals surface area contributed by atoms with Gasteiger partial charge in [0, 0.05) is 6.42 Å². The van der Waals surface area contributed by atoms with E-state index in [4.69, 9.17) is 9.05 Å². The number of hydrogen-bond acceptors (Lipinski definition) is 5. The summed E-state index contributed by atoms with van der Waals surface area (Å²) in [5.74, 6) is -0.190. The van der Waals surface area contributed by atoms with Crippen molar-refractivity contribution < 1.29 is 32.9 Å². The molecule has 0 radical (unpaired) electrons. The number of phosphoric ester groups is 1. The molecule has 8 nitrogen and oxygen atoms in total. The number of carbonyl (C=O) groups excluding carboxylic acids is 1. The van der Waals surface area contributed by atoms with Crippen molar-refractivity contribution >= 4 is 13.7 Å². The molecule has 0 aromatic carbocycles. The number of likely N-dealkylation sites (N-methyl/N-ethyl adjacent to an activating group) is 1. The van der Waals surface area contributed by atoms with Gasteiger partial charge in [-0.2, -0.15) is 0 Å². The van der Waals surface area contributed by atoms with E-state index in [-0.39, 0.29) is 19.1 Å². The van der Waals surface area contributed by atoms with Gasteiger partial charge in [-0.15, -0.1) is 0 Å². The van der Waals surface area contributed by atoms with Crippen molar-refractivity contribution in [2.24, 2.45) is 0 Å². The van der Waals surface area contributed by atoms with E-state index in [2.05, 4.69) is 55.6 Å². The van der Waals surface area contributed by atoms with E-state index in [0.29, 0.717) is 17.4 Å². The number of quaternary nitrogens is 1. The van der Waals surface area contributed by atoms with Gasteiger partial charge in [0.15, 0.2) is 0 Å². The fraction of sp³-hybridized carbons (Fsp3) is 0.850. The van der Waals surface area contributed by atoms with Crippen LogP contribution in [-0.4, -0.2) is 73.4 Å². The summed E-state index contributed by atoms with van der Waals surface area (Å²) in [7, 11) is 1.56. The fourth-order valence-corrected chi connectivity index (χ4v) is 9.36. The molecule has 0 saturated heterocycles. The largest absolute Gasteiger partial charge is 0.472 e. The van der Waals surface area contributed by atoms with Crippen LogP contribution in [0.5, 0.6) is 0 Å². The van der Waals surface area contributed by atoms with E-state index < -0.39 is 20.0 Å². The van der Waals surface area contributed by atoms with Crippen molar-refractivity contribution in [2.75, 3.05) is 40.9 Å². The van der Waals surface area contributed by atoms with Crippen LogP contribution < -0.4 is 5.32 Å². The number of aliphatic hydroxyl groups is 1. The molecule has 3 atom stereocenters. The van der Waals surface area contributed by atoms with Gasteiger partial charge < -0.3 is 19.8 Å². The molecule has 406 valence electrons. The Bertz CT molecular complexity index is 1260. The van der Waals surface area contributed by atoms with Gasteiger partial charge in [0.25, 0.3) is 0 Å². The first kappa shape index (κ1) is 67.5. The molecule has 0 aliphatic rings. The van der Waals surface area contributed by atoms with Gasteiger partial charge in [-0.05, 0) is 64.2 Å². The molecule has 3 unspecified atom stereocenters. The minimum absolute atomic E-state index is 0.0546. The number of hydrogen-bond donors (Lipinski definition) is 3. The number of carbonyl (C=O) groups is 1. The van der Waals surface area contributed by atoms with Gasteiger partial charge >= 0.3 is 7.82 Å². The Morgan fingerprint density at radius 1 is 0.493 bits per heavy atom. The summed E-state index contributed by atoms with van der Waals surface area (Å²) in [5.41, 5.74) is 0. The van der Waals surface area contributed by atoms with E-state index in [1.165, 1.54) is 212 Å². The maximum Gasteiger partial charge on any atom is 0.472 e. The average molecular weight is 993 g/mol. The highest BCUT2D eigenvalue weighted by molar-refractivity contribution is 7.47. The van der Waals surface area contributed by atoms with Crippen LogP contribution in [0.4, 0.5) is 0 Å². The normalized spacial score (nSPS) is 14.2. The summed E-state index contributed by atoms with van der Waals surface area (Å²) < 4.78 is 23.7. The molecule has 0 rings (SSSR count). The molecule has 0 spiro atoms. The van der Waals surface area contributed by atoms with Crippen molar-refractivity contribution in [1.82, 2.24) is 5.32 Å². The zero-order chi connectivity index (χ0) is 50.6. The van der Waals surface area contributed by atoms with E-state index in [9.17, 15) is 19.4 Å². The number of phosphoric acid groups is 1.